The van der Waals surface area contributed by atoms with Gasteiger partial charge in [0.25, 0.3) is 5.91 Å². The van der Waals surface area contributed by atoms with Crippen LogP contribution in [0.4, 0.5) is 4.39 Å². The van der Waals surface area contributed by atoms with E-state index in [1.807, 2.05) is 13.8 Å². The summed E-state index contributed by atoms with van der Waals surface area (Å²) in [6, 6.07) is 1.29. The van der Waals surface area contributed by atoms with Crippen LogP contribution in [0.5, 0.6) is 0 Å². The molecule has 72 valence electrons. The number of amides is 1. The topological polar surface area (TPSA) is 44.9 Å². The summed E-state index contributed by atoms with van der Waals surface area (Å²) in [6.45, 7) is 3.87. The van der Waals surface area contributed by atoms with Crippen LogP contribution in [-0.4, -0.2) is 16.9 Å². The van der Waals surface area contributed by atoms with Crippen LogP contribution in [0.25, 0.3) is 0 Å². The smallest absolute Gasteiger partial charge is 0.268 e. The minimum Gasteiger partial charge on any atom is -0.355 e. The van der Waals surface area contributed by atoms with Gasteiger partial charge in [0.05, 0.1) is 0 Å². The third kappa shape index (κ3) is 2.57. The van der Waals surface area contributed by atoms with Gasteiger partial charge in [-0.1, -0.05) is 6.92 Å². The van der Waals surface area contributed by atoms with Crippen LogP contribution in [0.2, 0.25) is 0 Å². The summed E-state index contributed by atoms with van der Waals surface area (Å²) in [5, 5.41) is 2.72. The van der Waals surface area contributed by atoms with E-state index in [0.717, 1.165) is 12.6 Å². The summed E-state index contributed by atoms with van der Waals surface area (Å²) < 4.78 is 12.5. The zero-order valence-corrected chi connectivity index (χ0v) is 7.73. The molecule has 3 nitrogen and oxygen atoms in total. The molecule has 0 fully saturated rings. The Balaban J connectivity index is 2.58. The van der Waals surface area contributed by atoms with Crippen molar-refractivity contribution in [1.82, 2.24) is 10.3 Å². The van der Waals surface area contributed by atoms with Crippen LogP contribution in [0.3, 0.4) is 0 Å². The minimum absolute atomic E-state index is 0.110. The Bertz CT molecular complexity index is 296. The van der Waals surface area contributed by atoms with E-state index in [2.05, 4.69) is 10.3 Å². The fraction of sp³-hybridized carbons (Fsp3) is 0.444. The molecule has 4 heteroatoms. The van der Waals surface area contributed by atoms with Gasteiger partial charge in [0.15, 0.2) is 0 Å². The number of carbonyl (C=O) groups excluding carboxylic acids is 1. The highest BCUT2D eigenvalue weighted by Gasteiger charge is 2.10. The molecule has 13 heavy (non-hydrogen) atoms. The molecule has 0 bridgehead atoms. The van der Waals surface area contributed by atoms with Gasteiger partial charge in [-0.2, -0.15) is 0 Å². The molecule has 1 heterocycles. The molecule has 0 spiro atoms. The van der Waals surface area contributed by atoms with Crippen molar-refractivity contribution in [3.8, 4) is 0 Å². The van der Waals surface area contributed by atoms with Gasteiger partial charge in [0.2, 0.25) is 0 Å². The van der Waals surface area contributed by atoms with Crippen molar-refractivity contribution in [2.24, 2.45) is 0 Å². The summed E-state index contributed by atoms with van der Waals surface area (Å²) in [4.78, 5) is 13.9. The number of hydrogen-bond donors (Lipinski definition) is 2. The zero-order chi connectivity index (χ0) is 9.84. The van der Waals surface area contributed by atoms with Gasteiger partial charge in [0, 0.05) is 18.3 Å². The molecule has 0 radical (unpaired) electrons. The average molecular weight is 184 g/mol. The Morgan fingerprint density at radius 2 is 2.46 bits per heavy atom. The quantitative estimate of drug-likeness (QED) is 0.737. The summed E-state index contributed by atoms with van der Waals surface area (Å²) in [6.07, 6.45) is 2.01. The lowest BCUT2D eigenvalue weighted by Gasteiger charge is -2.09. The molecular formula is C9H13FN2O. The first-order valence-corrected chi connectivity index (χ1v) is 4.28. The molecule has 0 aliphatic heterocycles. The van der Waals surface area contributed by atoms with Crippen LogP contribution in [0, 0.1) is 5.82 Å². The van der Waals surface area contributed by atoms with Crippen molar-refractivity contribution < 1.29 is 9.18 Å². The Morgan fingerprint density at radius 3 is 2.92 bits per heavy atom. The number of nitrogens with one attached hydrogen (secondary N) is 2. The van der Waals surface area contributed by atoms with Gasteiger partial charge in [-0.05, 0) is 13.3 Å². The second kappa shape index (κ2) is 4.07. The van der Waals surface area contributed by atoms with Crippen LogP contribution >= 0.6 is 0 Å². The van der Waals surface area contributed by atoms with E-state index >= 15 is 0 Å². The Labute approximate surface area is 76.3 Å². The maximum Gasteiger partial charge on any atom is 0.268 e. The van der Waals surface area contributed by atoms with E-state index in [4.69, 9.17) is 0 Å². The third-order valence-corrected chi connectivity index (χ3v) is 1.88. The predicted molar refractivity (Wildman–Crippen MR) is 48.0 cm³/mol. The van der Waals surface area contributed by atoms with E-state index in [1.165, 1.54) is 6.07 Å². The second-order valence-electron chi connectivity index (χ2n) is 3.01. The highest BCUT2D eigenvalue weighted by Crippen LogP contribution is 2.01. The fourth-order valence-corrected chi connectivity index (χ4v) is 0.903. The van der Waals surface area contributed by atoms with E-state index < -0.39 is 5.82 Å². The Hall–Kier alpha value is -1.32. The van der Waals surface area contributed by atoms with Gasteiger partial charge in [-0.3, -0.25) is 4.79 Å². The summed E-state index contributed by atoms with van der Waals surface area (Å²) >= 11 is 0. The van der Waals surface area contributed by atoms with Crippen molar-refractivity contribution in [1.29, 1.82) is 0 Å². The van der Waals surface area contributed by atoms with Gasteiger partial charge in [0.1, 0.15) is 11.5 Å². The highest BCUT2D eigenvalue weighted by atomic mass is 19.1. The van der Waals surface area contributed by atoms with Crippen LogP contribution in [-0.2, 0) is 0 Å². The largest absolute Gasteiger partial charge is 0.355 e. The van der Waals surface area contributed by atoms with Crippen LogP contribution in [0.1, 0.15) is 30.8 Å². The highest BCUT2D eigenvalue weighted by molar-refractivity contribution is 5.92. The number of aromatic amines is 1. The lowest BCUT2D eigenvalue weighted by Crippen LogP contribution is -2.32. The molecular weight excluding hydrogens is 171 g/mol. The summed E-state index contributed by atoms with van der Waals surface area (Å²) in [7, 11) is 0. The maximum atomic E-state index is 12.5. The number of carbonyl (C=O) groups is 1. The lowest BCUT2D eigenvalue weighted by atomic mass is 10.2. The monoisotopic (exact) mass is 184 g/mol. The van der Waals surface area contributed by atoms with Gasteiger partial charge in [-0.15, -0.1) is 0 Å². The SMILES string of the molecule is CCC(C)NC(=O)c1cc(F)c[nH]1. The molecule has 1 unspecified atom stereocenters. The van der Waals surface area contributed by atoms with E-state index in [0.29, 0.717) is 0 Å². The average Bonchev–Trinajstić information content (AvgIpc) is 2.51. The Morgan fingerprint density at radius 1 is 1.77 bits per heavy atom. The first-order chi connectivity index (χ1) is 6.13. The molecule has 1 aromatic heterocycles. The number of rotatable bonds is 3. The van der Waals surface area contributed by atoms with E-state index in [1.54, 1.807) is 0 Å². The molecule has 0 aromatic carbocycles. The van der Waals surface area contributed by atoms with Crippen molar-refractivity contribution in [3.05, 3.63) is 23.8 Å². The van der Waals surface area contributed by atoms with Crippen molar-refractivity contribution >= 4 is 5.91 Å². The molecule has 1 rings (SSSR count). The molecule has 1 aromatic rings. The molecule has 0 aliphatic carbocycles. The van der Waals surface area contributed by atoms with Crippen LogP contribution < -0.4 is 5.32 Å². The van der Waals surface area contributed by atoms with Gasteiger partial charge < -0.3 is 10.3 Å². The maximum absolute atomic E-state index is 12.5. The van der Waals surface area contributed by atoms with Gasteiger partial charge >= 0.3 is 0 Å². The summed E-state index contributed by atoms with van der Waals surface area (Å²) in [5.41, 5.74) is 0.262. The molecule has 1 atom stereocenters. The molecule has 1 amide bonds. The van der Waals surface area contributed by atoms with Crippen molar-refractivity contribution in [2.45, 2.75) is 26.3 Å². The standard InChI is InChI=1S/C9H13FN2O/c1-3-6(2)12-9(13)8-4-7(10)5-11-8/h4-6,11H,3H2,1-2H3,(H,12,13). The third-order valence-electron chi connectivity index (χ3n) is 1.88. The van der Waals surface area contributed by atoms with Gasteiger partial charge in [-0.25, -0.2) is 4.39 Å². The second-order valence-corrected chi connectivity index (χ2v) is 3.01. The van der Waals surface area contributed by atoms with Crippen molar-refractivity contribution in [3.63, 3.8) is 0 Å². The fourth-order valence-electron chi connectivity index (χ4n) is 0.903. The number of aromatic nitrogens is 1. The summed E-state index contributed by atoms with van der Waals surface area (Å²) in [5.74, 6) is -0.687. The number of H-pyrrole nitrogens is 1. The molecule has 0 saturated heterocycles. The van der Waals surface area contributed by atoms with Crippen LogP contribution in [0.15, 0.2) is 12.3 Å². The Kier molecular flexibility index (Phi) is 3.06. The first kappa shape index (κ1) is 9.77. The normalized spacial score (nSPS) is 12.5. The van der Waals surface area contributed by atoms with E-state index in [9.17, 15) is 9.18 Å². The number of hydrogen-bond acceptors (Lipinski definition) is 1. The van der Waals surface area contributed by atoms with Crippen molar-refractivity contribution in [2.75, 3.05) is 0 Å². The minimum atomic E-state index is -0.422. The number of halogens is 1. The first-order valence-electron chi connectivity index (χ1n) is 4.28. The molecule has 0 saturated carbocycles. The zero-order valence-electron chi connectivity index (χ0n) is 7.73. The predicted octanol–water partition coefficient (Wildman–Crippen LogP) is 1.68. The molecule has 0 aliphatic rings. The lowest BCUT2D eigenvalue weighted by molar-refractivity contribution is 0.0934. The molecule has 2 N–H and O–H groups in total. The van der Waals surface area contributed by atoms with E-state index in [-0.39, 0.29) is 17.6 Å².